The molecule has 2 nitrogen and oxygen atoms in total. The molecule has 0 radical (unpaired) electrons. The average Bonchev–Trinajstić information content (AvgIpc) is 3.06. The Kier molecular flexibility index (Phi) is 3.75. The molecule has 0 amide bonds. The van der Waals surface area contributed by atoms with Crippen molar-refractivity contribution in [3.05, 3.63) is 77.9 Å². The van der Waals surface area contributed by atoms with Gasteiger partial charge in [0.05, 0.1) is 27.4 Å². The second-order valence-electron chi connectivity index (χ2n) is 5.49. The summed E-state index contributed by atoms with van der Waals surface area (Å²) < 4.78 is 30.2. The summed E-state index contributed by atoms with van der Waals surface area (Å²) in [6.45, 7) is 0. The van der Waals surface area contributed by atoms with E-state index in [-0.39, 0.29) is 5.56 Å². The van der Waals surface area contributed by atoms with Gasteiger partial charge in [-0.1, -0.05) is 24.3 Å². The summed E-state index contributed by atoms with van der Waals surface area (Å²) >= 11 is 1.39. The number of thiazole rings is 1. The molecule has 120 valence electrons. The molecule has 0 unspecified atom stereocenters. The van der Waals surface area contributed by atoms with Crippen LogP contribution in [0.3, 0.4) is 0 Å². The Hall–Kier alpha value is -3.10. The van der Waals surface area contributed by atoms with Crippen LogP contribution in [0.4, 0.5) is 8.78 Å². The number of halogens is 2. The van der Waals surface area contributed by atoms with Gasteiger partial charge in [-0.2, -0.15) is 5.26 Å². The maximum Gasteiger partial charge on any atom is 0.134 e. The van der Waals surface area contributed by atoms with Crippen LogP contribution in [-0.2, 0) is 0 Å². The van der Waals surface area contributed by atoms with Gasteiger partial charge in [-0.3, -0.25) is 0 Å². The van der Waals surface area contributed by atoms with Crippen LogP contribution in [0, 0.1) is 23.0 Å². The number of nitrogens with zero attached hydrogens (tertiary/aromatic N) is 2. The smallest absolute Gasteiger partial charge is 0.134 e. The van der Waals surface area contributed by atoms with Crippen LogP contribution in [0.2, 0.25) is 0 Å². The molecule has 5 heteroatoms. The molecule has 0 saturated heterocycles. The minimum Gasteiger partial charge on any atom is -0.236 e. The Morgan fingerprint density at radius 1 is 0.880 bits per heavy atom. The number of nitriles is 1. The van der Waals surface area contributed by atoms with E-state index in [4.69, 9.17) is 5.26 Å². The predicted octanol–water partition coefficient (Wildman–Crippen LogP) is 5.78. The van der Waals surface area contributed by atoms with Gasteiger partial charge in [0.15, 0.2) is 0 Å². The van der Waals surface area contributed by atoms with Crippen LogP contribution in [0.5, 0.6) is 0 Å². The predicted molar refractivity (Wildman–Crippen MR) is 95.1 cm³/mol. The maximum absolute atomic E-state index is 14.6. The highest BCUT2D eigenvalue weighted by Crippen LogP contribution is 2.34. The molecule has 0 aliphatic carbocycles. The number of hydrogen-bond donors (Lipinski definition) is 0. The van der Waals surface area contributed by atoms with Crippen LogP contribution in [0.25, 0.3) is 31.9 Å². The Labute approximate surface area is 146 Å². The fourth-order valence-corrected chi connectivity index (χ4v) is 3.63. The molecule has 1 heterocycles. The van der Waals surface area contributed by atoms with Gasteiger partial charge in [0, 0.05) is 5.56 Å². The SMILES string of the molecule is N#Cc1ccc(-c2c(F)cc(-c3nc4ccccc4s3)cc2F)cc1. The second-order valence-corrected chi connectivity index (χ2v) is 6.52. The van der Waals surface area contributed by atoms with Crippen molar-refractivity contribution in [3.63, 3.8) is 0 Å². The first-order valence-corrected chi connectivity index (χ1v) is 8.33. The molecule has 0 saturated carbocycles. The molecule has 0 fully saturated rings. The number of benzene rings is 3. The van der Waals surface area contributed by atoms with Crippen LogP contribution in [-0.4, -0.2) is 4.98 Å². The van der Waals surface area contributed by atoms with E-state index in [1.165, 1.54) is 47.7 Å². The third kappa shape index (κ3) is 2.77. The topological polar surface area (TPSA) is 36.7 Å². The zero-order chi connectivity index (χ0) is 17.4. The molecule has 0 bridgehead atoms. The molecule has 0 atom stereocenters. The lowest BCUT2D eigenvalue weighted by Gasteiger charge is -2.07. The lowest BCUT2D eigenvalue weighted by molar-refractivity contribution is 0.590. The Morgan fingerprint density at radius 3 is 2.20 bits per heavy atom. The lowest BCUT2D eigenvalue weighted by atomic mass is 10.0. The first-order chi connectivity index (χ1) is 12.2. The van der Waals surface area contributed by atoms with Crippen LogP contribution < -0.4 is 0 Å². The molecular weight excluding hydrogens is 338 g/mol. The third-order valence-corrected chi connectivity index (χ3v) is 4.97. The molecular formula is C20H10F2N2S. The third-order valence-electron chi connectivity index (χ3n) is 3.89. The van der Waals surface area contributed by atoms with E-state index in [1.54, 1.807) is 0 Å². The van der Waals surface area contributed by atoms with Crippen molar-refractivity contribution in [2.75, 3.05) is 0 Å². The first kappa shape index (κ1) is 15.4. The van der Waals surface area contributed by atoms with Crippen LogP contribution >= 0.6 is 11.3 Å². The number of fused-ring (bicyclic) bond motifs is 1. The van der Waals surface area contributed by atoms with E-state index < -0.39 is 11.6 Å². The van der Waals surface area contributed by atoms with Crippen molar-refractivity contribution in [2.24, 2.45) is 0 Å². The quantitative estimate of drug-likeness (QED) is 0.460. The monoisotopic (exact) mass is 348 g/mol. The minimum absolute atomic E-state index is 0.102. The standard InChI is InChI=1S/C20H10F2N2S/c21-15-9-14(20-24-17-3-1-2-4-18(17)25-20)10-16(22)19(15)13-7-5-12(11-23)6-8-13/h1-10H. The Morgan fingerprint density at radius 2 is 1.56 bits per heavy atom. The molecule has 4 rings (SSSR count). The largest absolute Gasteiger partial charge is 0.236 e. The van der Waals surface area contributed by atoms with Gasteiger partial charge in [-0.05, 0) is 42.0 Å². The fourth-order valence-electron chi connectivity index (χ4n) is 2.68. The lowest BCUT2D eigenvalue weighted by Crippen LogP contribution is -1.92. The Balaban J connectivity index is 1.81. The summed E-state index contributed by atoms with van der Waals surface area (Å²) in [6, 6.07) is 18.3. The highest BCUT2D eigenvalue weighted by atomic mass is 32.1. The summed E-state index contributed by atoms with van der Waals surface area (Å²) in [5.74, 6) is -1.31. The normalized spacial score (nSPS) is 10.8. The van der Waals surface area contributed by atoms with Gasteiger partial charge < -0.3 is 0 Å². The number of hydrogen-bond acceptors (Lipinski definition) is 3. The van der Waals surface area contributed by atoms with Crippen molar-refractivity contribution in [1.82, 2.24) is 4.98 Å². The summed E-state index contributed by atoms with van der Waals surface area (Å²) in [5.41, 5.74) is 1.95. The van der Waals surface area contributed by atoms with Gasteiger partial charge in [-0.15, -0.1) is 11.3 Å². The van der Waals surface area contributed by atoms with Crippen molar-refractivity contribution >= 4 is 21.6 Å². The van der Waals surface area contributed by atoms with Crippen LogP contribution in [0.15, 0.2) is 60.7 Å². The highest BCUT2D eigenvalue weighted by molar-refractivity contribution is 7.21. The van der Waals surface area contributed by atoms with Crippen molar-refractivity contribution in [2.45, 2.75) is 0 Å². The molecule has 4 aromatic rings. The molecule has 0 aliphatic heterocycles. The van der Waals surface area contributed by atoms with E-state index in [1.807, 2.05) is 30.3 Å². The number of aromatic nitrogens is 1. The van der Waals surface area contributed by atoms with Gasteiger partial charge >= 0.3 is 0 Å². The summed E-state index contributed by atoms with van der Waals surface area (Å²) in [5, 5.41) is 9.40. The molecule has 0 aliphatic rings. The van der Waals surface area contributed by atoms with E-state index in [0.29, 0.717) is 21.7 Å². The van der Waals surface area contributed by atoms with Gasteiger partial charge in [0.25, 0.3) is 0 Å². The van der Waals surface area contributed by atoms with Gasteiger partial charge in [0.1, 0.15) is 16.6 Å². The zero-order valence-corrected chi connectivity index (χ0v) is 13.6. The average molecular weight is 348 g/mol. The molecule has 3 aromatic carbocycles. The second kappa shape index (κ2) is 6.08. The minimum atomic E-state index is -0.654. The van der Waals surface area contributed by atoms with E-state index in [0.717, 1.165) is 10.2 Å². The fraction of sp³-hybridized carbons (Fsp3) is 0. The van der Waals surface area contributed by atoms with Gasteiger partial charge in [-0.25, -0.2) is 13.8 Å². The molecule has 0 N–H and O–H groups in total. The molecule has 0 spiro atoms. The van der Waals surface area contributed by atoms with E-state index in [9.17, 15) is 8.78 Å². The number of para-hydroxylation sites is 1. The Bertz CT molecular complexity index is 1070. The van der Waals surface area contributed by atoms with Gasteiger partial charge in [0.2, 0.25) is 0 Å². The summed E-state index contributed by atoms with van der Waals surface area (Å²) in [7, 11) is 0. The van der Waals surface area contributed by atoms with Crippen molar-refractivity contribution in [3.8, 4) is 27.8 Å². The zero-order valence-electron chi connectivity index (χ0n) is 12.8. The van der Waals surface area contributed by atoms with Crippen molar-refractivity contribution < 1.29 is 8.78 Å². The van der Waals surface area contributed by atoms with E-state index in [2.05, 4.69) is 4.98 Å². The van der Waals surface area contributed by atoms with Crippen molar-refractivity contribution in [1.29, 1.82) is 5.26 Å². The van der Waals surface area contributed by atoms with E-state index >= 15 is 0 Å². The number of rotatable bonds is 2. The summed E-state index contributed by atoms with van der Waals surface area (Å²) in [4.78, 5) is 4.44. The molecule has 25 heavy (non-hydrogen) atoms. The maximum atomic E-state index is 14.6. The van der Waals surface area contributed by atoms with Crippen LogP contribution in [0.1, 0.15) is 5.56 Å². The highest BCUT2D eigenvalue weighted by Gasteiger charge is 2.16. The summed E-state index contributed by atoms with van der Waals surface area (Å²) in [6.07, 6.45) is 0. The first-order valence-electron chi connectivity index (χ1n) is 7.51. The molecule has 1 aromatic heterocycles.